The lowest BCUT2D eigenvalue weighted by atomic mass is 10.1. The number of benzene rings is 1. The van der Waals surface area contributed by atoms with Gasteiger partial charge in [-0.2, -0.15) is 0 Å². The van der Waals surface area contributed by atoms with Gasteiger partial charge in [0.1, 0.15) is 5.75 Å². The number of ketones is 1. The van der Waals surface area contributed by atoms with Crippen LogP contribution in [0.3, 0.4) is 0 Å². The Hall–Kier alpha value is -0.720. The lowest BCUT2D eigenvalue weighted by Crippen LogP contribution is -1.97. The summed E-state index contributed by atoms with van der Waals surface area (Å²) in [5.74, 6) is -0.795. The number of phenols is 1. The number of hydrogen-bond acceptors (Lipinski definition) is 2. The van der Waals surface area contributed by atoms with Crippen LogP contribution in [0.5, 0.6) is 5.75 Å². The minimum Gasteiger partial charge on any atom is -0.507 e. The Labute approximate surface area is 93.1 Å². The Balaban J connectivity index is 3.32. The molecule has 76 valence electrons. The van der Waals surface area contributed by atoms with Crippen molar-refractivity contribution in [1.29, 1.82) is 0 Å². The van der Waals surface area contributed by atoms with Gasteiger partial charge >= 0.3 is 0 Å². The van der Waals surface area contributed by atoms with Crippen LogP contribution in [-0.2, 0) is 0 Å². The highest BCUT2D eigenvalue weighted by Crippen LogP contribution is 2.33. The number of carbonyl (C=O) groups is 1. The topological polar surface area (TPSA) is 37.3 Å². The molecule has 1 aromatic carbocycles. The Morgan fingerprint density at radius 1 is 1.50 bits per heavy atom. The summed E-state index contributed by atoms with van der Waals surface area (Å²) < 4.78 is 24.9. The highest BCUT2D eigenvalue weighted by atomic mass is 127. The maximum Gasteiger partial charge on any atom is 0.268 e. The summed E-state index contributed by atoms with van der Waals surface area (Å²) in [6.07, 6.45) is -2.73. The van der Waals surface area contributed by atoms with Crippen LogP contribution < -0.4 is 0 Å². The van der Waals surface area contributed by atoms with Crippen molar-refractivity contribution in [3.05, 3.63) is 26.8 Å². The van der Waals surface area contributed by atoms with Crippen LogP contribution in [0.2, 0.25) is 0 Å². The first-order valence-electron chi connectivity index (χ1n) is 3.75. The first-order valence-corrected chi connectivity index (χ1v) is 4.83. The second-order valence-electron chi connectivity index (χ2n) is 2.75. The van der Waals surface area contributed by atoms with Crippen LogP contribution in [0, 0.1) is 3.57 Å². The molecule has 0 aliphatic heterocycles. The van der Waals surface area contributed by atoms with Crippen molar-refractivity contribution in [3.63, 3.8) is 0 Å². The minimum absolute atomic E-state index is 0.197. The van der Waals surface area contributed by atoms with Gasteiger partial charge in [-0.3, -0.25) is 4.79 Å². The zero-order valence-electron chi connectivity index (χ0n) is 7.22. The largest absolute Gasteiger partial charge is 0.507 e. The summed E-state index contributed by atoms with van der Waals surface area (Å²) >= 11 is 1.67. The Morgan fingerprint density at radius 3 is 2.43 bits per heavy atom. The number of aromatic hydroxyl groups is 1. The molecule has 0 aromatic heterocycles. The van der Waals surface area contributed by atoms with Gasteiger partial charge in [-0.25, -0.2) is 8.78 Å². The fraction of sp³-hybridized carbons (Fsp3) is 0.222. The number of Topliss-reactive ketones (excluding diaryl/α,β-unsaturated/α-hetero) is 1. The molecular formula is C9H7F2IO2. The van der Waals surface area contributed by atoms with Gasteiger partial charge < -0.3 is 5.11 Å². The van der Waals surface area contributed by atoms with Gasteiger partial charge in [0.15, 0.2) is 5.78 Å². The van der Waals surface area contributed by atoms with E-state index < -0.39 is 17.7 Å². The van der Waals surface area contributed by atoms with Crippen molar-refractivity contribution in [2.45, 2.75) is 13.3 Å². The molecule has 0 aliphatic carbocycles. The summed E-state index contributed by atoms with van der Waals surface area (Å²) in [6.45, 7) is 1.31. The molecular weight excluding hydrogens is 305 g/mol. The second-order valence-corrected chi connectivity index (χ2v) is 3.91. The third-order valence-corrected chi connectivity index (χ3v) is 2.62. The monoisotopic (exact) mass is 312 g/mol. The van der Waals surface area contributed by atoms with E-state index in [1.54, 1.807) is 22.6 Å². The molecule has 1 N–H and O–H groups in total. The Morgan fingerprint density at radius 2 is 2.07 bits per heavy atom. The van der Waals surface area contributed by atoms with Gasteiger partial charge in [-0.1, -0.05) is 0 Å². The predicted octanol–water partition coefficient (Wildman–Crippen LogP) is 3.14. The lowest BCUT2D eigenvalue weighted by Gasteiger charge is -2.07. The number of halogens is 3. The summed E-state index contributed by atoms with van der Waals surface area (Å²) in [5, 5.41) is 9.25. The lowest BCUT2D eigenvalue weighted by molar-refractivity contribution is 0.101. The molecule has 0 saturated heterocycles. The van der Waals surface area contributed by atoms with E-state index in [-0.39, 0.29) is 14.9 Å². The van der Waals surface area contributed by atoms with Crippen molar-refractivity contribution in [3.8, 4) is 5.75 Å². The molecule has 1 rings (SSSR count). The normalized spacial score (nSPS) is 10.6. The van der Waals surface area contributed by atoms with Gasteiger partial charge in [-0.05, 0) is 41.6 Å². The van der Waals surface area contributed by atoms with Crippen LogP contribution in [0.25, 0.3) is 0 Å². The standard InChI is InChI=1S/C9H7F2IO2/c1-4(13)5-2-6(12)8(9(10)11)7(14)3-5/h2-3,9,14H,1H3. The highest BCUT2D eigenvalue weighted by molar-refractivity contribution is 14.1. The van der Waals surface area contributed by atoms with Gasteiger partial charge in [0.25, 0.3) is 6.43 Å². The fourth-order valence-electron chi connectivity index (χ4n) is 1.02. The fourth-order valence-corrected chi connectivity index (χ4v) is 1.87. The second kappa shape index (κ2) is 4.20. The van der Waals surface area contributed by atoms with Crippen LogP contribution in [0.1, 0.15) is 29.3 Å². The molecule has 0 radical (unpaired) electrons. The van der Waals surface area contributed by atoms with Crippen molar-refractivity contribution in [2.75, 3.05) is 0 Å². The van der Waals surface area contributed by atoms with E-state index in [9.17, 15) is 18.7 Å². The molecule has 0 unspecified atom stereocenters. The molecule has 0 amide bonds. The molecule has 0 spiro atoms. The van der Waals surface area contributed by atoms with Crippen molar-refractivity contribution in [2.24, 2.45) is 0 Å². The molecule has 0 bridgehead atoms. The molecule has 0 fully saturated rings. The van der Waals surface area contributed by atoms with Crippen LogP contribution >= 0.6 is 22.6 Å². The van der Waals surface area contributed by atoms with Gasteiger partial charge in [0.2, 0.25) is 0 Å². The number of phenolic OH excluding ortho intramolecular Hbond substituents is 1. The van der Waals surface area contributed by atoms with Crippen molar-refractivity contribution in [1.82, 2.24) is 0 Å². The van der Waals surface area contributed by atoms with Gasteiger partial charge in [0, 0.05) is 9.13 Å². The summed E-state index contributed by atoms with van der Waals surface area (Å²) in [6, 6.07) is 2.40. The third kappa shape index (κ3) is 2.20. The van der Waals surface area contributed by atoms with Crippen LogP contribution in [0.4, 0.5) is 8.78 Å². The first-order chi connectivity index (χ1) is 6.43. The molecule has 1 aromatic rings. The quantitative estimate of drug-likeness (QED) is 0.673. The molecule has 14 heavy (non-hydrogen) atoms. The predicted molar refractivity (Wildman–Crippen MR) is 55.8 cm³/mol. The van der Waals surface area contributed by atoms with E-state index in [0.717, 1.165) is 6.07 Å². The smallest absolute Gasteiger partial charge is 0.268 e. The average Bonchev–Trinajstić information content (AvgIpc) is 2.01. The Bertz CT molecular complexity index is 354. The van der Waals surface area contributed by atoms with Crippen molar-refractivity contribution < 1.29 is 18.7 Å². The summed E-state index contributed by atoms with van der Waals surface area (Å²) in [5.41, 5.74) is -0.188. The molecule has 0 saturated carbocycles. The van der Waals surface area contributed by atoms with E-state index in [1.807, 2.05) is 0 Å². The number of rotatable bonds is 2. The summed E-state index contributed by atoms with van der Waals surface area (Å²) in [4.78, 5) is 10.9. The molecule has 0 heterocycles. The maximum absolute atomic E-state index is 12.4. The van der Waals surface area contributed by atoms with E-state index in [2.05, 4.69) is 0 Å². The molecule has 2 nitrogen and oxygen atoms in total. The van der Waals surface area contributed by atoms with Crippen molar-refractivity contribution >= 4 is 28.4 Å². The average molecular weight is 312 g/mol. The van der Waals surface area contributed by atoms with Gasteiger partial charge in [0.05, 0.1) is 5.56 Å². The minimum atomic E-state index is -2.73. The van der Waals surface area contributed by atoms with E-state index in [1.165, 1.54) is 13.0 Å². The molecule has 0 aliphatic rings. The number of hydrogen-bond donors (Lipinski definition) is 1. The highest BCUT2D eigenvalue weighted by Gasteiger charge is 2.18. The maximum atomic E-state index is 12.4. The first kappa shape index (κ1) is 11.4. The van der Waals surface area contributed by atoms with E-state index in [4.69, 9.17) is 0 Å². The van der Waals surface area contributed by atoms with Crippen LogP contribution in [0.15, 0.2) is 12.1 Å². The van der Waals surface area contributed by atoms with E-state index in [0.29, 0.717) is 0 Å². The molecule has 0 atom stereocenters. The SMILES string of the molecule is CC(=O)c1cc(O)c(C(F)F)c(I)c1. The van der Waals surface area contributed by atoms with E-state index >= 15 is 0 Å². The molecule has 5 heteroatoms. The summed E-state index contributed by atoms with van der Waals surface area (Å²) in [7, 11) is 0. The van der Waals surface area contributed by atoms with Gasteiger partial charge in [-0.15, -0.1) is 0 Å². The zero-order valence-corrected chi connectivity index (χ0v) is 9.38. The third-order valence-electron chi connectivity index (χ3n) is 1.73. The number of alkyl halides is 2. The van der Waals surface area contributed by atoms with Crippen LogP contribution in [-0.4, -0.2) is 10.9 Å². The Kier molecular flexibility index (Phi) is 3.41. The zero-order chi connectivity index (χ0) is 10.9. The number of carbonyl (C=O) groups excluding carboxylic acids is 1.